The summed E-state index contributed by atoms with van der Waals surface area (Å²) in [4.78, 5) is 0. The van der Waals surface area contributed by atoms with Crippen molar-refractivity contribution in [3.63, 3.8) is 0 Å². The van der Waals surface area contributed by atoms with Crippen LogP contribution in [0.1, 0.15) is 12.5 Å². The summed E-state index contributed by atoms with van der Waals surface area (Å²) in [7, 11) is 0. The number of nitrogen functional groups attached to an aromatic ring is 2. The van der Waals surface area contributed by atoms with Crippen LogP contribution in [-0.2, 0) is 9.47 Å². The predicted octanol–water partition coefficient (Wildman–Crippen LogP) is 1.58. The number of anilines is 2. The number of aryl methyl sites for hydroxylation is 1. The Hall–Kier alpha value is -1.26. The number of hydrogen-bond acceptors (Lipinski definition) is 4. The van der Waals surface area contributed by atoms with E-state index in [-0.39, 0.29) is 0 Å². The minimum absolute atomic E-state index is 0.583. The Balaban J connectivity index is 0.000000148. The Kier molecular flexibility index (Phi) is 5.08. The molecular formula is C12H20N2O2. The Bertz CT molecular complexity index is 300. The monoisotopic (exact) mass is 224 g/mol. The Morgan fingerprint density at radius 1 is 1.25 bits per heavy atom. The Morgan fingerprint density at radius 3 is 2.00 bits per heavy atom. The van der Waals surface area contributed by atoms with Gasteiger partial charge in [-0.05, 0) is 25.5 Å². The van der Waals surface area contributed by atoms with E-state index in [1.165, 1.54) is 0 Å². The van der Waals surface area contributed by atoms with Crippen LogP contribution in [0.4, 0.5) is 11.4 Å². The molecule has 4 heteroatoms. The first-order chi connectivity index (χ1) is 7.61. The average molecular weight is 224 g/mol. The first-order valence-corrected chi connectivity index (χ1v) is 5.41. The number of para-hydroxylation sites is 1. The molecule has 90 valence electrons. The van der Waals surface area contributed by atoms with Crippen molar-refractivity contribution in [2.75, 3.05) is 31.3 Å². The van der Waals surface area contributed by atoms with Crippen LogP contribution < -0.4 is 11.5 Å². The van der Waals surface area contributed by atoms with Crippen molar-refractivity contribution in [2.45, 2.75) is 20.0 Å². The highest BCUT2D eigenvalue weighted by atomic mass is 16.6. The molecule has 2 heterocycles. The van der Waals surface area contributed by atoms with Gasteiger partial charge in [-0.1, -0.05) is 12.1 Å². The number of hydrogen-bond donors (Lipinski definition) is 2. The fourth-order valence-corrected chi connectivity index (χ4v) is 0.800. The van der Waals surface area contributed by atoms with Crippen molar-refractivity contribution in [1.82, 2.24) is 0 Å². The standard InChI is InChI=1S/C7H10N2.C3H6O.C2H4O/c1-5-3-2-4-6(8)7(5)9;1-3-2-4-3;1-2-3-1/h2-4H,8-9H2,1H3;3H,2H2,1H3;1-2H2. The molecule has 0 spiro atoms. The fourth-order valence-electron chi connectivity index (χ4n) is 0.800. The number of epoxide rings is 2. The molecule has 0 aromatic heterocycles. The summed E-state index contributed by atoms with van der Waals surface area (Å²) in [5.74, 6) is 0. The lowest BCUT2D eigenvalue weighted by molar-refractivity contribution is 0.423. The third-order valence-electron chi connectivity index (χ3n) is 2.06. The van der Waals surface area contributed by atoms with Gasteiger partial charge < -0.3 is 20.9 Å². The molecule has 2 aliphatic heterocycles. The first-order valence-electron chi connectivity index (χ1n) is 5.41. The maximum Gasteiger partial charge on any atom is 0.0781 e. The molecule has 0 saturated carbocycles. The second kappa shape index (κ2) is 6.35. The molecule has 1 atom stereocenters. The summed E-state index contributed by atoms with van der Waals surface area (Å²) in [6.45, 7) is 6.98. The van der Waals surface area contributed by atoms with E-state index in [9.17, 15) is 0 Å². The van der Waals surface area contributed by atoms with Gasteiger partial charge in [0.2, 0.25) is 0 Å². The number of rotatable bonds is 0. The molecule has 16 heavy (non-hydrogen) atoms. The van der Waals surface area contributed by atoms with Crippen LogP contribution in [0.5, 0.6) is 0 Å². The summed E-state index contributed by atoms with van der Waals surface area (Å²) in [5, 5.41) is 0. The zero-order chi connectivity index (χ0) is 12.0. The normalized spacial score (nSPS) is 19.8. The predicted molar refractivity (Wildman–Crippen MR) is 66.2 cm³/mol. The first kappa shape index (κ1) is 12.8. The van der Waals surface area contributed by atoms with Crippen molar-refractivity contribution in [3.05, 3.63) is 23.8 Å². The lowest BCUT2D eigenvalue weighted by atomic mass is 10.2. The molecule has 2 fully saturated rings. The van der Waals surface area contributed by atoms with E-state index in [1.807, 2.05) is 19.1 Å². The van der Waals surface area contributed by atoms with Crippen molar-refractivity contribution in [1.29, 1.82) is 0 Å². The summed E-state index contributed by atoms with van der Waals surface area (Å²) < 4.78 is 9.21. The third kappa shape index (κ3) is 6.27. The lowest BCUT2D eigenvalue weighted by Crippen LogP contribution is -1.95. The quantitative estimate of drug-likeness (QED) is 0.518. The van der Waals surface area contributed by atoms with Gasteiger partial charge >= 0.3 is 0 Å². The molecular weight excluding hydrogens is 204 g/mol. The van der Waals surface area contributed by atoms with E-state index in [2.05, 4.69) is 11.7 Å². The molecule has 0 radical (unpaired) electrons. The smallest absolute Gasteiger partial charge is 0.0781 e. The largest absolute Gasteiger partial charge is 0.397 e. The van der Waals surface area contributed by atoms with Gasteiger partial charge in [0, 0.05) is 0 Å². The van der Waals surface area contributed by atoms with Gasteiger partial charge in [0.05, 0.1) is 37.3 Å². The highest BCUT2D eigenvalue weighted by Gasteiger charge is 2.13. The van der Waals surface area contributed by atoms with Crippen LogP contribution in [0.15, 0.2) is 18.2 Å². The highest BCUT2D eigenvalue weighted by Crippen LogP contribution is 2.17. The highest BCUT2D eigenvalue weighted by molar-refractivity contribution is 5.66. The summed E-state index contributed by atoms with van der Waals surface area (Å²) in [6.07, 6.45) is 0.583. The molecule has 4 N–H and O–H groups in total. The van der Waals surface area contributed by atoms with Gasteiger partial charge in [-0.15, -0.1) is 0 Å². The van der Waals surface area contributed by atoms with E-state index < -0.39 is 0 Å². The molecule has 1 aromatic carbocycles. The molecule has 1 unspecified atom stereocenters. The zero-order valence-electron chi connectivity index (χ0n) is 9.90. The second-order valence-corrected chi connectivity index (χ2v) is 3.83. The topological polar surface area (TPSA) is 77.1 Å². The molecule has 2 aliphatic rings. The van der Waals surface area contributed by atoms with Gasteiger partial charge in [0.15, 0.2) is 0 Å². The lowest BCUT2D eigenvalue weighted by Gasteiger charge is -2.00. The van der Waals surface area contributed by atoms with Crippen LogP contribution in [0.2, 0.25) is 0 Å². The Morgan fingerprint density at radius 2 is 1.75 bits per heavy atom. The maximum absolute atomic E-state index is 5.56. The van der Waals surface area contributed by atoms with E-state index in [0.717, 1.165) is 25.4 Å². The van der Waals surface area contributed by atoms with Crippen LogP contribution >= 0.6 is 0 Å². The van der Waals surface area contributed by atoms with E-state index in [1.54, 1.807) is 6.07 Å². The summed E-state index contributed by atoms with van der Waals surface area (Å²) >= 11 is 0. The van der Waals surface area contributed by atoms with Crippen molar-refractivity contribution in [2.24, 2.45) is 0 Å². The van der Waals surface area contributed by atoms with Gasteiger partial charge in [-0.25, -0.2) is 0 Å². The molecule has 2 saturated heterocycles. The van der Waals surface area contributed by atoms with Crippen LogP contribution in [0, 0.1) is 6.92 Å². The minimum atomic E-state index is 0.583. The van der Waals surface area contributed by atoms with Crippen molar-refractivity contribution >= 4 is 11.4 Å². The molecule has 0 aliphatic carbocycles. The fraction of sp³-hybridized carbons (Fsp3) is 0.500. The van der Waals surface area contributed by atoms with Gasteiger partial charge in [-0.3, -0.25) is 0 Å². The maximum atomic E-state index is 5.56. The van der Waals surface area contributed by atoms with Crippen LogP contribution in [0.3, 0.4) is 0 Å². The Labute approximate surface area is 96.5 Å². The number of nitrogens with two attached hydrogens (primary N) is 2. The molecule has 1 aromatic rings. The zero-order valence-corrected chi connectivity index (χ0v) is 9.90. The molecule has 0 bridgehead atoms. The minimum Gasteiger partial charge on any atom is -0.397 e. The van der Waals surface area contributed by atoms with E-state index in [4.69, 9.17) is 16.2 Å². The van der Waals surface area contributed by atoms with Gasteiger partial charge in [0.1, 0.15) is 0 Å². The number of benzene rings is 1. The van der Waals surface area contributed by atoms with E-state index in [0.29, 0.717) is 17.5 Å². The third-order valence-corrected chi connectivity index (χ3v) is 2.06. The molecule has 0 amide bonds. The molecule has 4 nitrogen and oxygen atoms in total. The summed E-state index contributed by atoms with van der Waals surface area (Å²) in [5.41, 5.74) is 13.4. The SMILES string of the molecule is C1CO1.CC1CO1.Cc1cccc(N)c1N. The van der Waals surface area contributed by atoms with Gasteiger partial charge in [-0.2, -0.15) is 0 Å². The summed E-state index contributed by atoms with van der Waals surface area (Å²) in [6, 6.07) is 5.62. The van der Waals surface area contributed by atoms with Crippen LogP contribution in [-0.4, -0.2) is 25.9 Å². The average Bonchev–Trinajstić information content (AvgIpc) is 3.07. The van der Waals surface area contributed by atoms with Crippen LogP contribution in [0.25, 0.3) is 0 Å². The van der Waals surface area contributed by atoms with Crippen molar-refractivity contribution < 1.29 is 9.47 Å². The molecule has 3 rings (SSSR count). The number of ether oxygens (including phenoxy) is 2. The van der Waals surface area contributed by atoms with Crippen molar-refractivity contribution in [3.8, 4) is 0 Å². The second-order valence-electron chi connectivity index (χ2n) is 3.83. The van der Waals surface area contributed by atoms with Gasteiger partial charge in [0.25, 0.3) is 0 Å². The van der Waals surface area contributed by atoms with E-state index >= 15 is 0 Å².